The second-order valence-corrected chi connectivity index (χ2v) is 8.98. The first kappa shape index (κ1) is 18.9. The van der Waals surface area contributed by atoms with E-state index in [-0.39, 0.29) is 23.1 Å². The van der Waals surface area contributed by atoms with E-state index in [1.54, 1.807) is 13.3 Å². The highest BCUT2D eigenvalue weighted by Gasteiger charge is 2.50. The summed E-state index contributed by atoms with van der Waals surface area (Å²) in [5.74, 6) is 2.91. The molecule has 0 aromatic heterocycles. The van der Waals surface area contributed by atoms with Gasteiger partial charge in [0.1, 0.15) is 17.4 Å². The van der Waals surface area contributed by atoms with Crippen molar-refractivity contribution in [1.82, 2.24) is 10.6 Å². The van der Waals surface area contributed by atoms with Crippen LogP contribution >= 0.6 is 0 Å². The van der Waals surface area contributed by atoms with Crippen LogP contribution in [0.15, 0.2) is 36.0 Å². The topological polar surface area (TPSA) is 74.1 Å². The van der Waals surface area contributed by atoms with Crippen LogP contribution < -0.4 is 15.4 Å². The number of nitrogens with one attached hydrogen (secondary N) is 2. The Kier molecular flexibility index (Phi) is 5.05. The van der Waals surface area contributed by atoms with Crippen molar-refractivity contribution in [2.75, 3.05) is 7.11 Å². The number of ether oxygens (including phenoxy) is 1. The van der Waals surface area contributed by atoms with Gasteiger partial charge in [-0.2, -0.15) is 5.26 Å². The highest BCUT2D eigenvalue weighted by molar-refractivity contribution is 5.97. The van der Waals surface area contributed by atoms with Gasteiger partial charge in [0.25, 0.3) is 5.91 Å². The molecule has 4 fully saturated rings. The van der Waals surface area contributed by atoms with Crippen molar-refractivity contribution in [3.8, 4) is 11.8 Å². The van der Waals surface area contributed by atoms with Gasteiger partial charge in [-0.05, 0) is 80.9 Å². The Hall–Kier alpha value is -2.48. The molecule has 5 nitrogen and oxygen atoms in total. The van der Waals surface area contributed by atoms with Crippen LogP contribution in [0.2, 0.25) is 0 Å². The fourth-order valence-corrected chi connectivity index (χ4v) is 5.91. The monoisotopic (exact) mass is 379 g/mol. The minimum absolute atomic E-state index is 0.0960. The van der Waals surface area contributed by atoms with Gasteiger partial charge in [0, 0.05) is 11.7 Å². The zero-order valence-electron chi connectivity index (χ0n) is 16.7. The Morgan fingerprint density at radius 1 is 1.18 bits per heavy atom. The summed E-state index contributed by atoms with van der Waals surface area (Å²) in [5.41, 5.74) is 1.22. The molecule has 0 heterocycles. The van der Waals surface area contributed by atoms with Crippen LogP contribution in [0.25, 0.3) is 0 Å². The van der Waals surface area contributed by atoms with Crippen LogP contribution in [-0.2, 0) is 4.79 Å². The van der Waals surface area contributed by atoms with Gasteiger partial charge in [0.15, 0.2) is 0 Å². The normalized spacial score (nSPS) is 31.8. The van der Waals surface area contributed by atoms with Gasteiger partial charge in [-0.25, -0.2) is 0 Å². The van der Waals surface area contributed by atoms with Gasteiger partial charge < -0.3 is 15.4 Å². The van der Waals surface area contributed by atoms with Crippen molar-refractivity contribution in [1.29, 1.82) is 5.26 Å². The molecule has 148 valence electrons. The Balaban J connectivity index is 1.40. The maximum atomic E-state index is 12.6. The molecule has 1 atom stereocenters. The summed E-state index contributed by atoms with van der Waals surface area (Å²) in [4.78, 5) is 12.6. The molecule has 1 aromatic carbocycles. The molecule has 4 aliphatic rings. The summed E-state index contributed by atoms with van der Waals surface area (Å²) in [5, 5.41) is 16.0. The number of hydrogen-bond acceptors (Lipinski definition) is 4. The lowest BCUT2D eigenvalue weighted by Gasteiger charge is -2.56. The van der Waals surface area contributed by atoms with E-state index in [0.29, 0.717) is 0 Å². The molecule has 28 heavy (non-hydrogen) atoms. The molecule has 0 saturated heterocycles. The van der Waals surface area contributed by atoms with Crippen molar-refractivity contribution in [2.45, 2.75) is 57.0 Å². The molecule has 5 heteroatoms. The Morgan fingerprint density at radius 3 is 2.25 bits per heavy atom. The van der Waals surface area contributed by atoms with Gasteiger partial charge in [-0.15, -0.1) is 0 Å². The second-order valence-electron chi connectivity index (χ2n) is 8.98. The molecule has 4 aliphatic carbocycles. The largest absolute Gasteiger partial charge is 0.497 e. The zero-order valence-corrected chi connectivity index (χ0v) is 16.7. The Morgan fingerprint density at radius 2 is 1.75 bits per heavy atom. The van der Waals surface area contributed by atoms with E-state index in [9.17, 15) is 10.1 Å². The molecule has 1 amide bonds. The van der Waals surface area contributed by atoms with Gasteiger partial charge >= 0.3 is 0 Å². The molecule has 0 spiro atoms. The van der Waals surface area contributed by atoms with Crippen molar-refractivity contribution < 1.29 is 9.53 Å². The van der Waals surface area contributed by atoms with E-state index in [1.165, 1.54) is 38.5 Å². The average Bonchev–Trinajstić information content (AvgIpc) is 2.67. The quantitative estimate of drug-likeness (QED) is 0.582. The minimum Gasteiger partial charge on any atom is -0.497 e. The summed E-state index contributed by atoms with van der Waals surface area (Å²) in [6, 6.07) is 9.48. The van der Waals surface area contributed by atoms with Crippen LogP contribution in [0.5, 0.6) is 5.75 Å². The predicted molar refractivity (Wildman–Crippen MR) is 107 cm³/mol. The maximum Gasteiger partial charge on any atom is 0.263 e. The Labute approximate surface area is 167 Å². The molecule has 4 bridgehead atoms. The fourth-order valence-electron chi connectivity index (χ4n) is 5.91. The van der Waals surface area contributed by atoms with Gasteiger partial charge in [0.05, 0.1) is 13.2 Å². The first-order chi connectivity index (χ1) is 13.5. The van der Waals surface area contributed by atoms with E-state index in [0.717, 1.165) is 29.1 Å². The summed E-state index contributed by atoms with van der Waals surface area (Å²) in [7, 11) is 1.63. The van der Waals surface area contributed by atoms with Crippen LogP contribution in [0.4, 0.5) is 0 Å². The number of methoxy groups -OCH3 is 1. The lowest BCUT2D eigenvalue weighted by molar-refractivity contribution is -0.117. The van der Waals surface area contributed by atoms with Crippen LogP contribution in [0.3, 0.4) is 0 Å². The van der Waals surface area contributed by atoms with Crippen molar-refractivity contribution in [3.63, 3.8) is 0 Å². The standard InChI is InChI=1S/C23H29N3O2/c1-15(19-3-5-21(28-2)6-4-19)26-22(27)20(13-24)14-25-23-10-16-7-17(11-23)9-18(8-16)12-23/h3-6,14-18,25H,7-12H2,1-2H3,(H,26,27)/b20-14-. The maximum absolute atomic E-state index is 12.6. The molecular weight excluding hydrogens is 350 g/mol. The first-order valence-electron chi connectivity index (χ1n) is 10.3. The minimum atomic E-state index is -0.331. The molecule has 4 saturated carbocycles. The fraction of sp³-hybridized carbons (Fsp3) is 0.565. The van der Waals surface area contributed by atoms with E-state index in [2.05, 4.69) is 16.7 Å². The third-order valence-corrected chi connectivity index (χ3v) is 6.89. The van der Waals surface area contributed by atoms with Gasteiger partial charge in [-0.1, -0.05) is 12.1 Å². The number of amides is 1. The lowest BCUT2D eigenvalue weighted by atomic mass is 9.53. The van der Waals surface area contributed by atoms with E-state index >= 15 is 0 Å². The van der Waals surface area contributed by atoms with E-state index in [1.807, 2.05) is 31.2 Å². The second kappa shape index (κ2) is 7.50. The van der Waals surface area contributed by atoms with Crippen LogP contribution in [-0.4, -0.2) is 18.6 Å². The van der Waals surface area contributed by atoms with Crippen molar-refractivity contribution >= 4 is 5.91 Å². The first-order valence-corrected chi connectivity index (χ1v) is 10.3. The molecule has 5 rings (SSSR count). The third kappa shape index (κ3) is 3.73. The highest BCUT2D eigenvalue weighted by atomic mass is 16.5. The number of benzene rings is 1. The summed E-state index contributed by atoms with van der Waals surface area (Å²) >= 11 is 0. The van der Waals surface area contributed by atoms with Gasteiger partial charge in [-0.3, -0.25) is 4.79 Å². The van der Waals surface area contributed by atoms with Crippen molar-refractivity contribution in [3.05, 3.63) is 41.6 Å². The number of hydrogen-bond donors (Lipinski definition) is 2. The summed E-state index contributed by atoms with van der Waals surface area (Å²) < 4.78 is 5.17. The molecule has 0 aliphatic heterocycles. The van der Waals surface area contributed by atoms with E-state index in [4.69, 9.17) is 4.74 Å². The number of nitrogens with zero attached hydrogens (tertiary/aromatic N) is 1. The van der Waals surface area contributed by atoms with Crippen molar-refractivity contribution in [2.24, 2.45) is 17.8 Å². The SMILES string of the molecule is COc1ccc(C(C)NC(=O)/C(C#N)=C\NC23CC4CC(CC(C4)C2)C3)cc1. The predicted octanol–water partition coefficient (Wildman–Crippen LogP) is 3.84. The van der Waals surface area contributed by atoms with Crippen LogP contribution in [0.1, 0.15) is 57.1 Å². The third-order valence-electron chi connectivity index (χ3n) is 6.89. The van der Waals surface area contributed by atoms with Gasteiger partial charge in [0.2, 0.25) is 0 Å². The zero-order chi connectivity index (χ0) is 19.7. The molecule has 2 N–H and O–H groups in total. The number of carbonyl (C=O) groups is 1. The van der Waals surface area contributed by atoms with E-state index < -0.39 is 0 Å². The molecular formula is C23H29N3O2. The lowest BCUT2D eigenvalue weighted by Crippen LogP contribution is -2.57. The summed E-state index contributed by atoms with van der Waals surface area (Å²) in [6.45, 7) is 1.92. The average molecular weight is 380 g/mol. The Bertz CT molecular complexity index is 771. The van der Waals surface area contributed by atoms with Crippen LogP contribution in [0, 0.1) is 29.1 Å². The smallest absolute Gasteiger partial charge is 0.263 e. The number of rotatable bonds is 6. The molecule has 1 unspecified atom stereocenters. The number of carbonyl (C=O) groups excluding carboxylic acids is 1. The molecule has 0 radical (unpaired) electrons. The highest BCUT2D eigenvalue weighted by Crippen LogP contribution is 2.55. The summed E-state index contributed by atoms with van der Waals surface area (Å²) in [6.07, 6.45) is 9.32. The molecule has 1 aromatic rings. The number of nitriles is 1.